The van der Waals surface area contributed by atoms with E-state index in [2.05, 4.69) is 5.32 Å². The number of rotatable bonds is 6. The first-order valence-corrected chi connectivity index (χ1v) is 8.20. The van der Waals surface area contributed by atoms with Gasteiger partial charge in [-0.05, 0) is 68.1 Å². The van der Waals surface area contributed by atoms with Crippen LogP contribution in [-0.4, -0.2) is 12.0 Å². The van der Waals surface area contributed by atoms with Crippen molar-refractivity contribution >= 4 is 5.91 Å². The van der Waals surface area contributed by atoms with Crippen LogP contribution in [-0.2, 0) is 4.79 Å². The second-order valence-corrected chi connectivity index (χ2v) is 6.04. The van der Waals surface area contributed by atoms with Crippen LogP contribution in [0.1, 0.15) is 43.0 Å². The van der Waals surface area contributed by atoms with E-state index in [0.717, 1.165) is 11.1 Å². The van der Waals surface area contributed by atoms with E-state index in [0.29, 0.717) is 12.2 Å². The minimum absolute atomic E-state index is 0.174. The molecule has 1 amide bonds. The Morgan fingerprint density at radius 2 is 1.79 bits per heavy atom. The van der Waals surface area contributed by atoms with Crippen molar-refractivity contribution in [2.45, 2.75) is 46.3 Å². The van der Waals surface area contributed by atoms with E-state index in [1.54, 1.807) is 12.1 Å². The summed E-state index contributed by atoms with van der Waals surface area (Å²) in [4.78, 5) is 12.5. The van der Waals surface area contributed by atoms with Crippen molar-refractivity contribution in [3.8, 4) is 5.75 Å². The average Bonchev–Trinajstić information content (AvgIpc) is 2.56. The predicted molar refractivity (Wildman–Crippen MR) is 93.6 cm³/mol. The Bertz CT molecular complexity index is 697. The van der Waals surface area contributed by atoms with Gasteiger partial charge in [0.25, 0.3) is 5.91 Å². The molecule has 0 aromatic heterocycles. The van der Waals surface area contributed by atoms with Crippen molar-refractivity contribution in [1.29, 1.82) is 0 Å². The van der Waals surface area contributed by atoms with Crippen LogP contribution in [0.3, 0.4) is 0 Å². The fraction of sp³-hybridized carbons (Fsp3) is 0.350. The Kier molecular flexibility index (Phi) is 5.96. The average molecular weight is 329 g/mol. The lowest BCUT2D eigenvalue weighted by Crippen LogP contribution is -2.39. The maximum atomic E-state index is 13.0. The number of hydrogen-bond acceptors (Lipinski definition) is 2. The van der Waals surface area contributed by atoms with Crippen LogP contribution in [0, 0.1) is 19.7 Å². The van der Waals surface area contributed by atoms with Gasteiger partial charge in [-0.1, -0.05) is 25.1 Å². The highest BCUT2D eigenvalue weighted by Gasteiger charge is 2.20. The smallest absolute Gasteiger partial charge is 0.261 e. The number of carbonyl (C=O) groups is 1. The molecule has 0 spiro atoms. The third kappa shape index (κ3) is 4.57. The molecule has 2 rings (SSSR count). The molecule has 0 saturated carbocycles. The van der Waals surface area contributed by atoms with E-state index in [-0.39, 0.29) is 17.8 Å². The Labute approximate surface area is 142 Å². The lowest BCUT2D eigenvalue weighted by molar-refractivity contribution is -0.128. The first-order chi connectivity index (χ1) is 11.4. The van der Waals surface area contributed by atoms with E-state index in [1.807, 2.05) is 45.9 Å². The molecule has 0 radical (unpaired) electrons. The van der Waals surface area contributed by atoms with Crippen LogP contribution in [0.15, 0.2) is 42.5 Å². The monoisotopic (exact) mass is 329 g/mol. The lowest BCUT2D eigenvalue weighted by Gasteiger charge is -2.21. The van der Waals surface area contributed by atoms with Crippen LogP contribution in [0.5, 0.6) is 5.75 Å². The number of halogens is 1. The molecular formula is C20H24FNO2. The van der Waals surface area contributed by atoms with Gasteiger partial charge < -0.3 is 10.1 Å². The minimum Gasteiger partial charge on any atom is -0.481 e. The van der Waals surface area contributed by atoms with Gasteiger partial charge in [-0.3, -0.25) is 4.79 Å². The number of nitrogens with one attached hydrogen (secondary N) is 1. The van der Waals surface area contributed by atoms with Crippen LogP contribution in [0.2, 0.25) is 0 Å². The molecule has 0 aliphatic rings. The van der Waals surface area contributed by atoms with Gasteiger partial charge in [-0.15, -0.1) is 0 Å². The molecule has 24 heavy (non-hydrogen) atoms. The van der Waals surface area contributed by atoms with Crippen molar-refractivity contribution in [3.63, 3.8) is 0 Å². The number of ether oxygens (including phenoxy) is 1. The topological polar surface area (TPSA) is 38.3 Å². The van der Waals surface area contributed by atoms with Gasteiger partial charge >= 0.3 is 0 Å². The summed E-state index contributed by atoms with van der Waals surface area (Å²) in [7, 11) is 0. The number of aryl methyl sites for hydroxylation is 2. The lowest BCUT2D eigenvalue weighted by atomic mass is 10.1. The Morgan fingerprint density at radius 1 is 1.12 bits per heavy atom. The zero-order valence-electron chi connectivity index (χ0n) is 14.6. The molecule has 2 aromatic rings. The summed E-state index contributed by atoms with van der Waals surface area (Å²) in [5, 5.41) is 2.93. The van der Waals surface area contributed by atoms with Crippen LogP contribution < -0.4 is 10.1 Å². The van der Waals surface area contributed by atoms with Gasteiger partial charge in [-0.2, -0.15) is 0 Å². The Hall–Kier alpha value is -2.36. The van der Waals surface area contributed by atoms with Crippen molar-refractivity contribution in [1.82, 2.24) is 5.32 Å². The molecule has 3 nitrogen and oxygen atoms in total. The molecular weight excluding hydrogens is 305 g/mol. The summed E-state index contributed by atoms with van der Waals surface area (Å²) >= 11 is 0. The molecule has 4 heteroatoms. The van der Waals surface area contributed by atoms with Crippen molar-refractivity contribution in [3.05, 3.63) is 65.0 Å². The maximum absolute atomic E-state index is 13.0. The van der Waals surface area contributed by atoms with Crippen LogP contribution in [0.25, 0.3) is 0 Å². The number of amides is 1. The number of hydrogen-bond donors (Lipinski definition) is 1. The quantitative estimate of drug-likeness (QED) is 0.849. The van der Waals surface area contributed by atoms with Crippen LogP contribution >= 0.6 is 0 Å². The molecule has 1 N–H and O–H groups in total. The second kappa shape index (κ2) is 7.95. The molecule has 0 heterocycles. The SMILES string of the molecule is CC[C@@H](Oc1ccc(C)c(C)c1)C(=O)N[C@@H](C)c1ccc(F)cc1. The number of carbonyl (C=O) groups excluding carboxylic acids is 1. The molecule has 0 aliphatic carbocycles. The van der Waals surface area contributed by atoms with Gasteiger partial charge in [0.15, 0.2) is 6.10 Å². The zero-order chi connectivity index (χ0) is 17.7. The highest BCUT2D eigenvalue weighted by molar-refractivity contribution is 5.81. The van der Waals surface area contributed by atoms with Crippen molar-refractivity contribution < 1.29 is 13.9 Å². The van der Waals surface area contributed by atoms with E-state index in [9.17, 15) is 9.18 Å². The normalized spacial score (nSPS) is 13.2. The van der Waals surface area contributed by atoms with E-state index in [1.165, 1.54) is 17.7 Å². The molecule has 2 aromatic carbocycles. The van der Waals surface area contributed by atoms with Crippen molar-refractivity contribution in [2.75, 3.05) is 0 Å². The predicted octanol–water partition coefficient (Wildman–Crippen LogP) is 4.48. The summed E-state index contributed by atoms with van der Waals surface area (Å²) in [5.41, 5.74) is 3.16. The third-order valence-corrected chi connectivity index (χ3v) is 4.15. The minimum atomic E-state index is -0.560. The maximum Gasteiger partial charge on any atom is 0.261 e. The van der Waals surface area contributed by atoms with Crippen LogP contribution in [0.4, 0.5) is 4.39 Å². The van der Waals surface area contributed by atoms with E-state index >= 15 is 0 Å². The summed E-state index contributed by atoms with van der Waals surface area (Å²) in [6.45, 7) is 7.83. The van der Waals surface area contributed by atoms with Gasteiger partial charge in [0.2, 0.25) is 0 Å². The Morgan fingerprint density at radius 3 is 2.38 bits per heavy atom. The largest absolute Gasteiger partial charge is 0.481 e. The van der Waals surface area contributed by atoms with Gasteiger partial charge in [0.05, 0.1) is 6.04 Å². The fourth-order valence-electron chi connectivity index (χ4n) is 2.41. The highest BCUT2D eigenvalue weighted by atomic mass is 19.1. The van der Waals surface area contributed by atoms with Gasteiger partial charge in [0.1, 0.15) is 11.6 Å². The second-order valence-electron chi connectivity index (χ2n) is 6.04. The molecule has 0 unspecified atom stereocenters. The Balaban J connectivity index is 2.02. The summed E-state index contributed by atoms with van der Waals surface area (Å²) in [6, 6.07) is 11.7. The first-order valence-electron chi connectivity index (χ1n) is 8.20. The molecule has 2 atom stereocenters. The first kappa shape index (κ1) is 18.0. The summed E-state index contributed by atoms with van der Waals surface area (Å²) in [5.74, 6) is 0.226. The summed E-state index contributed by atoms with van der Waals surface area (Å²) < 4.78 is 18.8. The standard InChI is InChI=1S/C20H24FNO2/c1-5-19(24-18-11-6-13(2)14(3)12-18)20(23)22-15(4)16-7-9-17(21)10-8-16/h6-12,15,19H,5H2,1-4H3,(H,22,23)/t15-,19+/m0/s1. The highest BCUT2D eigenvalue weighted by Crippen LogP contribution is 2.19. The van der Waals surface area contributed by atoms with E-state index in [4.69, 9.17) is 4.74 Å². The number of benzene rings is 2. The molecule has 0 saturated heterocycles. The van der Waals surface area contributed by atoms with Gasteiger partial charge in [0, 0.05) is 0 Å². The van der Waals surface area contributed by atoms with Gasteiger partial charge in [-0.25, -0.2) is 4.39 Å². The van der Waals surface area contributed by atoms with E-state index < -0.39 is 6.10 Å². The third-order valence-electron chi connectivity index (χ3n) is 4.15. The molecule has 0 aliphatic heterocycles. The molecule has 128 valence electrons. The zero-order valence-corrected chi connectivity index (χ0v) is 14.6. The molecule has 0 fully saturated rings. The summed E-state index contributed by atoms with van der Waals surface area (Å²) in [6.07, 6.45) is 0.00420. The van der Waals surface area contributed by atoms with Crippen molar-refractivity contribution in [2.24, 2.45) is 0 Å². The molecule has 0 bridgehead atoms. The fourth-order valence-corrected chi connectivity index (χ4v) is 2.41.